The number of nitrogens with one attached hydrogen (secondary N) is 1. The summed E-state index contributed by atoms with van der Waals surface area (Å²) in [5.74, 6) is 0. The highest BCUT2D eigenvalue weighted by Crippen LogP contribution is 2.46. The number of hydrogen-bond donors (Lipinski definition) is 1. The van der Waals surface area contributed by atoms with Crippen LogP contribution in [0.3, 0.4) is 0 Å². The Morgan fingerprint density at radius 1 is 1.05 bits per heavy atom. The average Bonchev–Trinajstić information content (AvgIpc) is 2.54. The fourth-order valence-electron chi connectivity index (χ4n) is 3.00. The minimum atomic E-state index is -2.99. The first kappa shape index (κ1) is 13.2. The molecule has 0 spiro atoms. The molecule has 21 heavy (non-hydrogen) atoms. The second-order valence-corrected chi connectivity index (χ2v) is 7.61. The maximum absolute atomic E-state index is 13.0. The molecule has 4 rings (SSSR count). The van der Waals surface area contributed by atoms with Crippen LogP contribution in [0.2, 0.25) is 0 Å². The van der Waals surface area contributed by atoms with Crippen LogP contribution in [-0.4, -0.2) is 17.7 Å². The molecule has 2 aromatic rings. The summed E-state index contributed by atoms with van der Waals surface area (Å²) in [6.45, 7) is 1.26. The van der Waals surface area contributed by atoms with E-state index < -0.39 is 7.52 Å². The summed E-state index contributed by atoms with van der Waals surface area (Å²) in [5.41, 5.74) is 2.66. The first-order chi connectivity index (χ1) is 10.2. The maximum Gasteiger partial charge on any atom is 0.313 e. The topological polar surface area (TPSA) is 41.6 Å². The molecule has 0 radical (unpaired) electrons. The Kier molecular flexibility index (Phi) is 3.20. The van der Waals surface area contributed by atoms with Crippen molar-refractivity contribution in [3.8, 4) is 0 Å². The smallest absolute Gasteiger partial charge is 0.312 e. The molecule has 2 aliphatic rings. The lowest BCUT2D eigenvalue weighted by atomic mass is 9.96. The van der Waals surface area contributed by atoms with Crippen molar-refractivity contribution in [3.05, 3.63) is 65.7 Å². The van der Waals surface area contributed by atoms with Crippen LogP contribution in [0, 0.1) is 0 Å². The molecule has 5 heteroatoms. The number of benzene rings is 2. The van der Waals surface area contributed by atoms with Gasteiger partial charge in [0.05, 0.1) is 18.0 Å². The molecule has 108 valence electrons. The number of hydrogen-bond acceptors (Lipinski definition) is 3. The van der Waals surface area contributed by atoms with Crippen LogP contribution in [0.4, 0.5) is 0 Å². The van der Waals surface area contributed by atoms with Crippen molar-refractivity contribution in [3.63, 3.8) is 0 Å². The Hall–Kier alpha value is -1.45. The molecule has 0 amide bonds. The summed E-state index contributed by atoms with van der Waals surface area (Å²) in [6, 6.07) is 18.1. The molecule has 1 N–H and O–H groups in total. The quantitative estimate of drug-likeness (QED) is 0.822. The Morgan fingerprint density at radius 3 is 2.57 bits per heavy atom. The summed E-state index contributed by atoms with van der Waals surface area (Å²) < 4.78 is 18.8. The van der Waals surface area contributed by atoms with Gasteiger partial charge in [-0.15, -0.1) is 0 Å². The monoisotopic (exact) mass is 300 g/mol. The van der Waals surface area contributed by atoms with E-state index in [1.807, 2.05) is 30.3 Å². The molecule has 2 aromatic carbocycles. The first-order valence-electron chi connectivity index (χ1n) is 7.16. The molecule has 0 saturated carbocycles. The van der Waals surface area contributed by atoms with Crippen LogP contribution in [0.1, 0.15) is 11.1 Å². The van der Waals surface area contributed by atoms with Gasteiger partial charge in [0, 0.05) is 6.54 Å². The summed E-state index contributed by atoms with van der Waals surface area (Å²) >= 11 is 0. The SMILES string of the molecule is O=P1(c2ccccc2)NN2Cc3ccccc3CC2CO1. The van der Waals surface area contributed by atoms with E-state index in [0.29, 0.717) is 6.61 Å². The predicted molar refractivity (Wildman–Crippen MR) is 82.2 cm³/mol. The van der Waals surface area contributed by atoms with E-state index >= 15 is 0 Å². The number of rotatable bonds is 1. The Balaban J connectivity index is 1.63. The van der Waals surface area contributed by atoms with E-state index in [4.69, 9.17) is 4.52 Å². The zero-order valence-corrected chi connectivity index (χ0v) is 12.5. The van der Waals surface area contributed by atoms with Gasteiger partial charge in [-0.3, -0.25) is 4.57 Å². The van der Waals surface area contributed by atoms with Gasteiger partial charge in [0.2, 0.25) is 0 Å². The van der Waals surface area contributed by atoms with Crippen molar-refractivity contribution in [1.29, 1.82) is 0 Å². The fraction of sp³-hybridized carbons (Fsp3) is 0.250. The zero-order chi connectivity index (χ0) is 14.3. The van der Waals surface area contributed by atoms with Crippen LogP contribution >= 0.6 is 7.52 Å². The standard InChI is InChI=1S/C16H17N2O2P/c19-21(16-8-2-1-3-9-16)17-18-11-14-7-5-4-6-13(14)10-15(18)12-20-21/h1-9,15H,10-12H2,(H,17,19). The van der Waals surface area contributed by atoms with Crippen LogP contribution in [0.15, 0.2) is 54.6 Å². The Labute approximate surface area is 124 Å². The second kappa shape index (κ2) is 5.08. The first-order valence-corrected chi connectivity index (χ1v) is 8.79. The molecular weight excluding hydrogens is 283 g/mol. The molecule has 1 saturated heterocycles. The fourth-order valence-corrected chi connectivity index (χ4v) is 4.84. The van der Waals surface area contributed by atoms with Crippen LogP contribution in [0.5, 0.6) is 0 Å². The molecule has 0 bridgehead atoms. The Bertz CT molecular complexity index is 704. The van der Waals surface area contributed by atoms with Crippen molar-refractivity contribution in [1.82, 2.24) is 10.2 Å². The van der Waals surface area contributed by atoms with E-state index in [1.54, 1.807) is 0 Å². The number of nitrogens with zero attached hydrogens (tertiary/aromatic N) is 1. The largest absolute Gasteiger partial charge is 0.313 e. The highest BCUT2D eigenvalue weighted by molar-refractivity contribution is 7.65. The van der Waals surface area contributed by atoms with Crippen molar-refractivity contribution < 1.29 is 9.09 Å². The summed E-state index contributed by atoms with van der Waals surface area (Å²) in [6.07, 6.45) is 0.929. The third-order valence-corrected chi connectivity index (χ3v) is 6.17. The number of fused-ring (bicyclic) bond motifs is 2. The molecule has 2 unspecified atom stereocenters. The highest BCUT2D eigenvalue weighted by atomic mass is 31.2. The van der Waals surface area contributed by atoms with Crippen molar-refractivity contribution in [2.24, 2.45) is 0 Å². The minimum Gasteiger partial charge on any atom is -0.312 e. The molecule has 0 aromatic heterocycles. The van der Waals surface area contributed by atoms with E-state index in [9.17, 15) is 4.57 Å². The highest BCUT2D eigenvalue weighted by Gasteiger charge is 2.39. The molecule has 2 aliphatic heterocycles. The Morgan fingerprint density at radius 2 is 1.76 bits per heavy atom. The molecular formula is C16H17N2O2P. The summed E-state index contributed by atoms with van der Waals surface area (Å²) in [5, 5.41) is 5.96. The van der Waals surface area contributed by atoms with Crippen LogP contribution in [-0.2, 0) is 22.1 Å². The maximum atomic E-state index is 13.0. The van der Waals surface area contributed by atoms with Gasteiger partial charge in [-0.05, 0) is 29.7 Å². The van der Waals surface area contributed by atoms with E-state index in [0.717, 1.165) is 18.3 Å². The van der Waals surface area contributed by atoms with Gasteiger partial charge in [0.1, 0.15) is 0 Å². The van der Waals surface area contributed by atoms with E-state index in [2.05, 4.69) is 34.5 Å². The van der Waals surface area contributed by atoms with Crippen molar-refractivity contribution >= 4 is 12.8 Å². The van der Waals surface area contributed by atoms with Crippen molar-refractivity contribution in [2.45, 2.75) is 19.0 Å². The second-order valence-electron chi connectivity index (χ2n) is 5.54. The molecule has 2 atom stereocenters. The van der Waals surface area contributed by atoms with Crippen LogP contribution in [0.25, 0.3) is 0 Å². The normalized spacial score (nSPS) is 28.7. The zero-order valence-electron chi connectivity index (χ0n) is 11.6. The molecule has 2 heterocycles. The van der Waals surface area contributed by atoms with Gasteiger partial charge < -0.3 is 4.52 Å². The lowest BCUT2D eigenvalue weighted by molar-refractivity contribution is 0.0581. The van der Waals surface area contributed by atoms with E-state index in [-0.39, 0.29) is 6.04 Å². The molecule has 4 nitrogen and oxygen atoms in total. The van der Waals surface area contributed by atoms with E-state index in [1.165, 1.54) is 11.1 Å². The van der Waals surface area contributed by atoms with Gasteiger partial charge in [-0.25, -0.2) is 5.01 Å². The summed E-state index contributed by atoms with van der Waals surface area (Å²) in [4.78, 5) is 0. The van der Waals surface area contributed by atoms with Crippen LogP contribution < -0.4 is 10.5 Å². The predicted octanol–water partition coefficient (Wildman–Crippen LogP) is 2.47. The van der Waals surface area contributed by atoms with Gasteiger partial charge in [-0.1, -0.05) is 42.5 Å². The average molecular weight is 300 g/mol. The summed E-state index contributed by atoms with van der Waals surface area (Å²) in [7, 11) is -2.99. The van der Waals surface area contributed by atoms with Gasteiger partial charge in [-0.2, -0.15) is 5.20 Å². The lowest BCUT2D eigenvalue weighted by Crippen LogP contribution is -2.54. The van der Waals surface area contributed by atoms with Crippen molar-refractivity contribution in [2.75, 3.05) is 6.61 Å². The van der Waals surface area contributed by atoms with Gasteiger partial charge in [0.15, 0.2) is 0 Å². The van der Waals surface area contributed by atoms with Gasteiger partial charge in [0.25, 0.3) is 0 Å². The lowest BCUT2D eigenvalue weighted by Gasteiger charge is -2.43. The molecule has 0 aliphatic carbocycles. The minimum absolute atomic E-state index is 0.241. The van der Waals surface area contributed by atoms with Gasteiger partial charge >= 0.3 is 7.52 Å². The molecule has 1 fully saturated rings. The number of hydrazine groups is 1. The third kappa shape index (κ3) is 2.34. The third-order valence-electron chi connectivity index (χ3n) is 4.16.